The van der Waals surface area contributed by atoms with E-state index >= 15 is 0 Å². The summed E-state index contributed by atoms with van der Waals surface area (Å²) in [5.74, 6) is 0. The zero-order chi connectivity index (χ0) is 14.2. The lowest BCUT2D eigenvalue weighted by atomic mass is 10.2. The third-order valence-corrected chi connectivity index (χ3v) is 3.57. The number of nitrogens with zero attached hydrogens (tertiary/aromatic N) is 3. The van der Waals surface area contributed by atoms with E-state index in [0.29, 0.717) is 6.04 Å². The molecule has 0 aliphatic rings. The predicted molar refractivity (Wildman–Crippen MR) is 81.5 cm³/mol. The van der Waals surface area contributed by atoms with E-state index in [4.69, 9.17) is 0 Å². The predicted octanol–water partition coefficient (Wildman–Crippen LogP) is 2.97. The van der Waals surface area contributed by atoms with Gasteiger partial charge in [-0.25, -0.2) is 0 Å². The van der Waals surface area contributed by atoms with Crippen LogP contribution in [0.2, 0.25) is 0 Å². The van der Waals surface area contributed by atoms with Gasteiger partial charge in [0.15, 0.2) is 0 Å². The highest BCUT2D eigenvalue weighted by Gasteiger charge is 2.07. The summed E-state index contributed by atoms with van der Waals surface area (Å²) in [6, 6.07) is 8.66. The molecule has 2 aromatic heterocycles. The molecule has 0 radical (unpaired) electrons. The van der Waals surface area contributed by atoms with Crippen molar-refractivity contribution < 1.29 is 0 Å². The van der Waals surface area contributed by atoms with Crippen LogP contribution in [0.4, 0.5) is 0 Å². The SMILES string of the molecule is CCC(CC)n1ccc(CNCCc2ccccn2)n1. The fourth-order valence-corrected chi connectivity index (χ4v) is 2.32. The molecule has 0 amide bonds. The first-order chi connectivity index (χ1) is 9.83. The van der Waals surface area contributed by atoms with Crippen molar-refractivity contribution in [2.45, 2.75) is 45.7 Å². The Kier molecular flexibility index (Phi) is 5.74. The molecule has 0 aliphatic carbocycles. The molecule has 0 bridgehead atoms. The number of hydrogen-bond acceptors (Lipinski definition) is 3. The molecule has 20 heavy (non-hydrogen) atoms. The number of hydrogen-bond donors (Lipinski definition) is 1. The number of nitrogens with one attached hydrogen (secondary N) is 1. The van der Waals surface area contributed by atoms with E-state index < -0.39 is 0 Å². The molecule has 2 heterocycles. The molecular weight excluding hydrogens is 248 g/mol. The molecule has 2 aromatic rings. The molecular formula is C16H24N4. The summed E-state index contributed by atoms with van der Waals surface area (Å²) in [4.78, 5) is 4.31. The van der Waals surface area contributed by atoms with E-state index in [1.165, 1.54) is 0 Å². The standard InChI is InChI=1S/C16H24N4/c1-3-16(4-2)20-12-9-15(19-20)13-17-11-8-14-7-5-6-10-18-14/h5-7,9-10,12,16-17H,3-4,8,11,13H2,1-2H3. The number of aromatic nitrogens is 3. The highest BCUT2D eigenvalue weighted by Crippen LogP contribution is 2.14. The normalized spacial score (nSPS) is 11.2. The van der Waals surface area contributed by atoms with Crippen LogP contribution in [0.1, 0.15) is 44.1 Å². The Labute approximate surface area is 121 Å². The lowest BCUT2D eigenvalue weighted by Gasteiger charge is -2.12. The molecule has 2 rings (SSSR count). The summed E-state index contributed by atoms with van der Waals surface area (Å²) >= 11 is 0. The highest BCUT2D eigenvalue weighted by molar-refractivity contribution is 5.04. The lowest BCUT2D eigenvalue weighted by Crippen LogP contribution is -2.18. The van der Waals surface area contributed by atoms with Crippen LogP contribution in [0.25, 0.3) is 0 Å². The molecule has 0 saturated heterocycles. The third kappa shape index (κ3) is 4.17. The van der Waals surface area contributed by atoms with E-state index in [2.05, 4.69) is 52.3 Å². The van der Waals surface area contributed by atoms with Crippen LogP contribution in [0, 0.1) is 0 Å². The summed E-state index contributed by atoms with van der Waals surface area (Å²) in [6.45, 7) is 6.16. The van der Waals surface area contributed by atoms with Gasteiger partial charge in [0.25, 0.3) is 0 Å². The largest absolute Gasteiger partial charge is 0.311 e. The lowest BCUT2D eigenvalue weighted by molar-refractivity contribution is 0.424. The molecule has 0 unspecified atom stereocenters. The van der Waals surface area contributed by atoms with Crippen molar-refractivity contribution in [1.29, 1.82) is 0 Å². The van der Waals surface area contributed by atoms with Gasteiger partial charge in [-0.05, 0) is 31.0 Å². The molecule has 0 aliphatic heterocycles. The van der Waals surface area contributed by atoms with Crippen molar-refractivity contribution in [2.24, 2.45) is 0 Å². The van der Waals surface area contributed by atoms with Crippen LogP contribution in [-0.2, 0) is 13.0 Å². The van der Waals surface area contributed by atoms with E-state index in [-0.39, 0.29) is 0 Å². The molecule has 4 heteroatoms. The highest BCUT2D eigenvalue weighted by atomic mass is 15.3. The summed E-state index contributed by atoms with van der Waals surface area (Å²) in [5.41, 5.74) is 2.24. The van der Waals surface area contributed by atoms with Crippen LogP contribution in [-0.4, -0.2) is 21.3 Å². The van der Waals surface area contributed by atoms with Gasteiger partial charge in [-0.2, -0.15) is 5.10 Å². The van der Waals surface area contributed by atoms with Gasteiger partial charge in [-0.15, -0.1) is 0 Å². The van der Waals surface area contributed by atoms with Gasteiger partial charge in [-0.1, -0.05) is 19.9 Å². The maximum Gasteiger partial charge on any atom is 0.0762 e. The summed E-state index contributed by atoms with van der Waals surface area (Å²) in [6.07, 6.45) is 7.14. The Bertz CT molecular complexity index is 488. The van der Waals surface area contributed by atoms with Crippen molar-refractivity contribution in [3.8, 4) is 0 Å². The average molecular weight is 272 g/mol. The van der Waals surface area contributed by atoms with Crippen LogP contribution >= 0.6 is 0 Å². The average Bonchev–Trinajstić information content (AvgIpc) is 2.95. The van der Waals surface area contributed by atoms with Crippen molar-refractivity contribution in [3.63, 3.8) is 0 Å². The van der Waals surface area contributed by atoms with Crippen LogP contribution in [0.5, 0.6) is 0 Å². The van der Waals surface area contributed by atoms with Crippen molar-refractivity contribution in [3.05, 3.63) is 48.0 Å². The maximum atomic E-state index is 4.64. The minimum Gasteiger partial charge on any atom is -0.311 e. The quantitative estimate of drug-likeness (QED) is 0.751. The number of rotatable bonds is 8. The molecule has 0 atom stereocenters. The zero-order valence-electron chi connectivity index (χ0n) is 12.4. The first kappa shape index (κ1) is 14.7. The molecule has 0 aromatic carbocycles. The first-order valence-corrected chi connectivity index (χ1v) is 7.48. The molecule has 1 N–H and O–H groups in total. The molecule has 0 spiro atoms. The zero-order valence-corrected chi connectivity index (χ0v) is 12.4. The van der Waals surface area contributed by atoms with E-state index in [1.54, 1.807) is 0 Å². The van der Waals surface area contributed by atoms with Gasteiger partial charge < -0.3 is 5.32 Å². The van der Waals surface area contributed by atoms with E-state index in [9.17, 15) is 0 Å². The molecule has 0 fully saturated rings. The van der Waals surface area contributed by atoms with E-state index in [0.717, 1.165) is 43.7 Å². The minimum absolute atomic E-state index is 0.525. The van der Waals surface area contributed by atoms with Gasteiger partial charge in [0.1, 0.15) is 0 Å². The summed E-state index contributed by atoms with van der Waals surface area (Å²) in [5, 5.41) is 8.06. The van der Waals surface area contributed by atoms with Gasteiger partial charge in [0.2, 0.25) is 0 Å². The van der Waals surface area contributed by atoms with Gasteiger partial charge in [0.05, 0.1) is 11.7 Å². The third-order valence-electron chi connectivity index (χ3n) is 3.57. The Morgan fingerprint density at radius 1 is 1.15 bits per heavy atom. The van der Waals surface area contributed by atoms with E-state index in [1.807, 2.05) is 18.3 Å². The van der Waals surface area contributed by atoms with Crippen LogP contribution in [0.3, 0.4) is 0 Å². The fraction of sp³-hybridized carbons (Fsp3) is 0.500. The Morgan fingerprint density at radius 3 is 2.70 bits per heavy atom. The second-order valence-corrected chi connectivity index (χ2v) is 5.01. The van der Waals surface area contributed by atoms with Gasteiger partial charge in [0, 0.05) is 37.6 Å². The second-order valence-electron chi connectivity index (χ2n) is 5.01. The second kappa shape index (κ2) is 7.80. The Morgan fingerprint density at radius 2 is 2.00 bits per heavy atom. The smallest absolute Gasteiger partial charge is 0.0762 e. The minimum atomic E-state index is 0.525. The molecule has 108 valence electrons. The van der Waals surface area contributed by atoms with Crippen molar-refractivity contribution >= 4 is 0 Å². The Balaban J connectivity index is 1.74. The van der Waals surface area contributed by atoms with Gasteiger partial charge in [-0.3, -0.25) is 9.67 Å². The topological polar surface area (TPSA) is 42.7 Å². The first-order valence-electron chi connectivity index (χ1n) is 7.48. The van der Waals surface area contributed by atoms with Gasteiger partial charge >= 0.3 is 0 Å². The molecule has 4 nitrogen and oxygen atoms in total. The van der Waals surface area contributed by atoms with Crippen LogP contribution in [0.15, 0.2) is 36.7 Å². The van der Waals surface area contributed by atoms with Crippen molar-refractivity contribution in [2.75, 3.05) is 6.54 Å². The summed E-state index contributed by atoms with van der Waals surface area (Å²) < 4.78 is 2.09. The summed E-state index contributed by atoms with van der Waals surface area (Å²) in [7, 11) is 0. The molecule has 0 saturated carbocycles. The number of pyridine rings is 1. The Hall–Kier alpha value is -1.68. The fourth-order valence-electron chi connectivity index (χ4n) is 2.32. The van der Waals surface area contributed by atoms with Crippen molar-refractivity contribution in [1.82, 2.24) is 20.1 Å². The maximum absolute atomic E-state index is 4.64. The monoisotopic (exact) mass is 272 g/mol. The van der Waals surface area contributed by atoms with Crippen LogP contribution < -0.4 is 5.32 Å².